The molecule has 0 heterocycles. The Morgan fingerprint density at radius 1 is 1.21 bits per heavy atom. The van der Waals surface area contributed by atoms with Crippen LogP contribution in [0.4, 0.5) is 0 Å². The lowest BCUT2D eigenvalue weighted by molar-refractivity contribution is -0.196. The molecule has 0 aromatic carbocycles. The second kappa shape index (κ2) is 5.76. The number of aliphatic hydroxyl groups excluding tert-OH is 1. The zero-order valence-corrected chi connectivity index (χ0v) is 17.5. The lowest BCUT2D eigenvalue weighted by atomic mass is 9.45. The van der Waals surface area contributed by atoms with Crippen molar-refractivity contribution in [3.63, 3.8) is 0 Å². The monoisotopic (exact) mass is 386 g/mol. The van der Waals surface area contributed by atoms with Crippen molar-refractivity contribution in [3.8, 4) is 12.3 Å². The standard InChI is InChI=1S/C24H34O4/c1-5-23(28-15(2)26)11-8-18-17-12-20(27-4)24-13-16(24)6-10-22(24,14-25)19(17)7-9-21(18,23)3/h1,16-20,25H,6-14H2,2-4H3. The number of fused-ring (bicyclic) bond motifs is 4. The summed E-state index contributed by atoms with van der Waals surface area (Å²) in [6, 6.07) is 0. The molecule has 0 saturated heterocycles. The first-order valence-corrected chi connectivity index (χ1v) is 11.1. The summed E-state index contributed by atoms with van der Waals surface area (Å²) in [5.74, 6) is 4.86. The summed E-state index contributed by atoms with van der Waals surface area (Å²) >= 11 is 0. The van der Waals surface area contributed by atoms with Gasteiger partial charge in [0, 0.05) is 36.9 Å². The van der Waals surface area contributed by atoms with Crippen LogP contribution in [0, 0.1) is 52.3 Å². The molecule has 5 aliphatic rings. The fourth-order valence-electron chi connectivity index (χ4n) is 9.32. The second-order valence-corrected chi connectivity index (χ2v) is 10.7. The van der Waals surface area contributed by atoms with E-state index in [1.165, 1.54) is 19.8 Å². The van der Waals surface area contributed by atoms with E-state index >= 15 is 0 Å². The molecule has 4 nitrogen and oxygen atoms in total. The van der Waals surface area contributed by atoms with Crippen LogP contribution < -0.4 is 0 Å². The summed E-state index contributed by atoms with van der Waals surface area (Å²) in [6.45, 7) is 4.02. The molecule has 5 rings (SSSR count). The Morgan fingerprint density at radius 2 is 1.96 bits per heavy atom. The Balaban J connectivity index is 1.55. The fourth-order valence-corrected chi connectivity index (χ4v) is 9.32. The van der Waals surface area contributed by atoms with Gasteiger partial charge >= 0.3 is 5.97 Å². The first-order valence-electron chi connectivity index (χ1n) is 11.1. The van der Waals surface area contributed by atoms with Gasteiger partial charge in [0.05, 0.1) is 6.10 Å². The Hall–Kier alpha value is -1.05. The molecule has 0 aliphatic heterocycles. The third kappa shape index (κ3) is 1.89. The molecule has 0 aromatic heterocycles. The summed E-state index contributed by atoms with van der Waals surface area (Å²) in [6.07, 6.45) is 14.8. The highest BCUT2D eigenvalue weighted by molar-refractivity contribution is 5.67. The van der Waals surface area contributed by atoms with Crippen LogP contribution in [0.25, 0.3) is 0 Å². The van der Waals surface area contributed by atoms with Crippen molar-refractivity contribution >= 4 is 5.97 Å². The molecule has 5 aliphatic carbocycles. The molecule has 5 fully saturated rings. The van der Waals surface area contributed by atoms with Gasteiger partial charge in [0.25, 0.3) is 0 Å². The molecule has 1 N–H and O–H groups in total. The van der Waals surface area contributed by atoms with Gasteiger partial charge in [-0.2, -0.15) is 0 Å². The first kappa shape index (κ1) is 18.9. The minimum absolute atomic E-state index is 0.0193. The van der Waals surface area contributed by atoms with Crippen LogP contribution >= 0.6 is 0 Å². The van der Waals surface area contributed by atoms with E-state index in [4.69, 9.17) is 15.9 Å². The van der Waals surface area contributed by atoms with Crippen molar-refractivity contribution in [3.05, 3.63) is 0 Å². The van der Waals surface area contributed by atoms with Gasteiger partial charge in [-0.25, -0.2) is 0 Å². The van der Waals surface area contributed by atoms with Gasteiger partial charge < -0.3 is 14.6 Å². The zero-order chi connectivity index (χ0) is 19.9. The molecule has 9 atom stereocenters. The van der Waals surface area contributed by atoms with Gasteiger partial charge in [0.1, 0.15) is 0 Å². The number of terminal acetylenes is 1. The van der Waals surface area contributed by atoms with Crippen molar-refractivity contribution < 1.29 is 19.4 Å². The largest absolute Gasteiger partial charge is 0.445 e. The topological polar surface area (TPSA) is 55.8 Å². The number of aliphatic hydroxyl groups is 1. The highest BCUT2D eigenvalue weighted by atomic mass is 16.6. The van der Waals surface area contributed by atoms with Crippen LogP contribution in [-0.2, 0) is 14.3 Å². The van der Waals surface area contributed by atoms with Crippen molar-refractivity contribution in [2.45, 2.75) is 76.9 Å². The second-order valence-electron chi connectivity index (χ2n) is 10.7. The summed E-state index contributed by atoms with van der Waals surface area (Å²) in [5, 5.41) is 10.7. The Morgan fingerprint density at radius 3 is 2.57 bits per heavy atom. The first-order chi connectivity index (χ1) is 13.3. The van der Waals surface area contributed by atoms with E-state index in [1.54, 1.807) is 0 Å². The summed E-state index contributed by atoms with van der Waals surface area (Å²) in [7, 11) is 1.86. The minimum Gasteiger partial charge on any atom is -0.445 e. The van der Waals surface area contributed by atoms with Crippen molar-refractivity contribution in [2.75, 3.05) is 13.7 Å². The van der Waals surface area contributed by atoms with Crippen LogP contribution in [0.2, 0.25) is 0 Å². The molecule has 0 radical (unpaired) electrons. The molecule has 154 valence electrons. The number of carbonyl (C=O) groups is 1. The lowest BCUT2D eigenvalue weighted by Gasteiger charge is -2.61. The van der Waals surface area contributed by atoms with Gasteiger partial charge in [-0.3, -0.25) is 4.79 Å². The molecular weight excluding hydrogens is 352 g/mol. The molecule has 28 heavy (non-hydrogen) atoms. The SMILES string of the molecule is C#CC1(OC(C)=O)CCC2C3CC(OC)C45CC4CCC5(CO)C3CCC21C. The van der Waals surface area contributed by atoms with Crippen molar-refractivity contribution in [1.29, 1.82) is 0 Å². The molecule has 0 aromatic rings. The number of ether oxygens (including phenoxy) is 2. The molecular formula is C24H34O4. The van der Waals surface area contributed by atoms with E-state index in [9.17, 15) is 9.90 Å². The lowest BCUT2D eigenvalue weighted by Crippen LogP contribution is -2.61. The minimum atomic E-state index is -0.781. The van der Waals surface area contributed by atoms with Crippen LogP contribution in [0.15, 0.2) is 0 Å². The summed E-state index contributed by atoms with van der Waals surface area (Å²) in [4.78, 5) is 11.9. The highest BCUT2D eigenvalue weighted by Crippen LogP contribution is 2.82. The molecule has 5 saturated carbocycles. The molecule has 9 unspecified atom stereocenters. The van der Waals surface area contributed by atoms with Crippen LogP contribution in [0.3, 0.4) is 0 Å². The number of carbonyl (C=O) groups excluding carboxylic acids is 1. The van der Waals surface area contributed by atoms with Crippen LogP contribution in [-0.4, -0.2) is 36.5 Å². The summed E-state index contributed by atoms with van der Waals surface area (Å²) in [5.41, 5.74) is -0.736. The van der Waals surface area contributed by atoms with Crippen molar-refractivity contribution in [1.82, 2.24) is 0 Å². The van der Waals surface area contributed by atoms with Crippen molar-refractivity contribution in [2.24, 2.45) is 39.9 Å². The number of hydrogen-bond donors (Lipinski definition) is 1. The van der Waals surface area contributed by atoms with Gasteiger partial charge in [0.15, 0.2) is 5.60 Å². The molecule has 0 bridgehead atoms. The summed E-state index contributed by atoms with van der Waals surface area (Å²) < 4.78 is 12.0. The highest BCUT2D eigenvalue weighted by Gasteiger charge is 2.79. The average Bonchev–Trinajstić information content (AvgIpc) is 3.20. The van der Waals surface area contributed by atoms with E-state index < -0.39 is 5.60 Å². The average molecular weight is 387 g/mol. The number of rotatable bonds is 3. The van der Waals surface area contributed by atoms with Gasteiger partial charge in [-0.05, 0) is 75.0 Å². The maximum Gasteiger partial charge on any atom is 0.304 e. The van der Waals surface area contributed by atoms with E-state index in [-0.39, 0.29) is 34.9 Å². The Bertz CT molecular complexity index is 741. The number of esters is 1. The fraction of sp³-hybridized carbons (Fsp3) is 0.875. The third-order valence-electron chi connectivity index (χ3n) is 10.5. The number of hydrogen-bond acceptors (Lipinski definition) is 4. The molecule has 1 spiro atoms. The maximum absolute atomic E-state index is 11.9. The Kier molecular flexibility index (Phi) is 3.90. The number of methoxy groups -OCH3 is 1. The molecule has 4 heteroatoms. The predicted molar refractivity (Wildman–Crippen MR) is 105 cm³/mol. The Labute approximate surface area is 168 Å². The van der Waals surface area contributed by atoms with E-state index in [1.807, 2.05) is 7.11 Å². The van der Waals surface area contributed by atoms with Gasteiger partial charge in [-0.1, -0.05) is 12.8 Å². The smallest absolute Gasteiger partial charge is 0.304 e. The van der Waals surface area contributed by atoms with E-state index in [2.05, 4.69) is 12.8 Å². The van der Waals surface area contributed by atoms with Crippen LogP contribution in [0.1, 0.15) is 65.2 Å². The molecule has 0 amide bonds. The van der Waals surface area contributed by atoms with E-state index in [0.717, 1.165) is 44.4 Å². The third-order valence-corrected chi connectivity index (χ3v) is 10.5. The predicted octanol–water partition coefficient (Wildman–Crippen LogP) is 3.56. The quantitative estimate of drug-likeness (QED) is 0.595. The normalized spacial score (nSPS) is 56.0. The maximum atomic E-state index is 11.9. The van der Waals surface area contributed by atoms with Gasteiger partial charge in [0.2, 0.25) is 0 Å². The van der Waals surface area contributed by atoms with E-state index in [0.29, 0.717) is 17.8 Å². The zero-order valence-electron chi connectivity index (χ0n) is 17.5. The van der Waals surface area contributed by atoms with Gasteiger partial charge in [-0.15, -0.1) is 6.42 Å². The van der Waals surface area contributed by atoms with Crippen LogP contribution in [0.5, 0.6) is 0 Å².